The van der Waals surface area contributed by atoms with Gasteiger partial charge in [-0.2, -0.15) is 16.6 Å². The Morgan fingerprint density at radius 1 is 1.35 bits per heavy atom. The van der Waals surface area contributed by atoms with Gasteiger partial charge in [0.1, 0.15) is 12.2 Å². The van der Waals surface area contributed by atoms with Crippen molar-refractivity contribution in [3.63, 3.8) is 0 Å². The van der Waals surface area contributed by atoms with Crippen LogP contribution in [0.4, 0.5) is 5.69 Å². The molecule has 0 saturated carbocycles. The molecule has 136 valence electrons. The van der Waals surface area contributed by atoms with Crippen LogP contribution in [0.15, 0.2) is 35.0 Å². The standard InChI is InChI=1S/C17H16ClN3O4S/c18-13-2-1-11(8-19)14(7-13)21-17(24)16(23)20-9-15(25-5-4-22)12-3-6-26-10-12/h1-3,6-7,10,15,22H,4-5,9H2,(H,20,23)(H,21,24). The van der Waals surface area contributed by atoms with Gasteiger partial charge in [-0.25, -0.2) is 0 Å². The number of anilines is 1. The van der Waals surface area contributed by atoms with Gasteiger partial charge in [-0.1, -0.05) is 11.6 Å². The first kappa shape index (κ1) is 19.9. The fraction of sp³-hybridized carbons (Fsp3) is 0.235. The third-order valence-corrected chi connectivity index (χ3v) is 4.27. The first-order valence-corrected chi connectivity index (χ1v) is 8.90. The number of hydrogen-bond donors (Lipinski definition) is 3. The van der Waals surface area contributed by atoms with Crippen LogP contribution in [0.25, 0.3) is 0 Å². The average molecular weight is 394 g/mol. The highest BCUT2D eigenvalue weighted by molar-refractivity contribution is 7.07. The molecule has 0 aliphatic carbocycles. The van der Waals surface area contributed by atoms with Gasteiger partial charge in [0, 0.05) is 11.6 Å². The zero-order chi connectivity index (χ0) is 18.9. The SMILES string of the molecule is N#Cc1ccc(Cl)cc1NC(=O)C(=O)NCC(OCCO)c1ccsc1. The minimum absolute atomic E-state index is 0.0592. The highest BCUT2D eigenvalue weighted by atomic mass is 35.5. The Bertz CT molecular complexity index is 805. The zero-order valence-electron chi connectivity index (χ0n) is 13.6. The van der Waals surface area contributed by atoms with Gasteiger partial charge in [0.05, 0.1) is 24.5 Å². The Morgan fingerprint density at radius 3 is 2.81 bits per heavy atom. The molecule has 1 atom stereocenters. The van der Waals surface area contributed by atoms with Crippen LogP contribution in [0.1, 0.15) is 17.2 Å². The number of ether oxygens (including phenoxy) is 1. The van der Waals surface area contributed by atoms with Crippen LogP contribution < -0.4 is 10.6 Å². The topological polar surface area (TPSA) is 111 Å². The molecule has 0 bridgehead atoms. The number of aliphatic hydroxyl groups excluding tert-OH is 1. The molecular weight excluding hydrogens is 378 g/mol. The Labute approximate surface area is 159 Å². The summed E-state index contributed by atoms with van der Waals surface area (Å²) in [4.78, 5) is 24.1. The third-order valence-electron chi connectivity index (χ3n) is 3.33. The smallest absolute Gasteiger partial charge is 0.313 e. The molecule has 0 aliphatic heterocycles. The van der Waals surface area contributed by atoms with Crippen LogP contribution in [-0.2, 0) is 14.3 Å². The maximum absolute atomic E-state index is 12.1. The molecule has 1 aromatic heterocycles. The number of rotatable bonds is 7. The van der Waals surface area contributed by atoms with E-state index in [0.29, 0.717) is 5.02 Å². The van der Waals surface area contributed by atoms with Crippen molar-refractivity contribution in [1.29, 1.82) is 5.26 Å². The Hall–Kier alpha value is -2.44. The van der Waals surface area contributed by atoms with E-state index < -0.39 is 17.9 Å². The molecular formula is C17H16ClN3O4S. The van der Waals surface area contributed by atoms with E-state index in [9.17, 15) is 9.59 Å². The number of thiophene rings is 1. The second-order valence-corrected chi connectivity index (χ2v) is 6.32. The van der Waals surface area contributed by atoms with Gasteiger partial charge in [0.2, 0.25) is 0 Å². The second kappa shape index (κ2) is 9.89. The molecule has 0 saturated heterocycles. The van der Waals surface area contributed by atoms with E-state index in [1.165, 1.54) is 29.5 Å². The van der Waals surface area contributed by atoms with E-state index in [1.54, 1.807) is 0 Å². The molecule has 3 N–H and O–H groups in total. The van der Waals surface area contributed by atoms with Crippen LogP contribution in [0.5, 0.6) is 0 Å². The molecule has 0 radical (unpaired) electrons. The van der Waals surface area contributed by atoms with E-state index in [0.717, 1.165) is 5.56 Å². The van der Waals surface area contributed by atoms with Gasteiger partial charge in [0.25, 0.3) is 0 Å². The normalized spacial score (nSPS) is 11.4. The summed E-state index contributed by atoms with van der Waals surface area (Å²) < 4.78 is 5.49. The number of aliphatic hydroxyl groups is 1. The number of amides is 2. The molecule has 2 amide bonds. The van der Waals surface area contributed by atoms with Crippen molar-refractivity contribution < 1.29 is 19.4 Å². The number of nitrogens with one attached hydrogen (secondary N) is 2. The van der Waals surface area contributed by atoms with Crippen LogP contribution in [0.3, 0.4) is 0 Å². The lowest BCUT2D eigenvalue weighted by atomic mass is 10.2. The fourth-order valence-corrected chi connectivity index (χ4v) is 2.96. The molecule has 9 heteroatoms. The van der Waals surface area contributed by atoms with Crippen molar-refractivity contribution in [1.82, 2.24) is 5.32 Å². The maximum atomic E-state index is 12.1. The highest BCUT2D eigenvalue weighted by Gasteiger charge is 2.19. The molecule has 2 aromatic rings. The Kier molecular flexibility index (Phi) is 7.56. The van der Waals surface area contributed by atoms with Gasteiger partial charge < -0.3 is 20.5 Å². The van der Waals surface area contributed by atoms with E-state index in [4.69, 9.17) is 26.7 Å². The van der Waals surface area contributed by atoms with Gasteiger partial charge in [-0.05, 0) is 40.6 Å². The van der Waals surface area contributed by atoms with Crippen LogP contribution >= 0.6 is 22.9 Å². The first-order chi connectivity index (χ1) is 12.5. The van der Waals surface area contributed by atoms with E-state index >= 15 is 0 Å². The number of benzene rings is 1. The summed E-state index contributed by atoms with van der Waals surface area (Å²) in [6.45, 7) is 0.0149. The molecule has 0 aliphatic rings. The van der Waals surface area contributed by atoms with Crippen molar-refractivity contribution >= 4 is 40.4 Å². The monoisotopic (exact) mass is 393 g/mol. The van der Waals surface area contributed by atoms with Gasteiger partial charge >= 0.3 is 11.8 Å². The number of carbonyl (C=O) groups excluding carboxylic acids is 2. The van der Waals surface area contributed by atoms with E-state index in [1.807, 2.05) is 22.9 Å². The van der Waals surface area contributed by atoms with Crippen molar-refractivity contribution in [2.24, 2.45) is 0 Å². The minimum atomic E-state index is -0.921. The maximum Gasteiger partial charge on any atom is 0.313 e. The summed E-state index contributed by atoms with van der Waals surface area (Å²) >= 11 is 7.32. The molecule has 1 heterocycles. The minimum Gasteiger partial charge on any atom is -0.394 e. The molecule has 26 heavy (non-hydrogen) atoms. The van der Waals surface area contributed by atoms with Crippen molar-refractivity contribution in [3.05, 3.63) is 51.2 Å². The molecule has 7 nitrogen and oxygen atoms in total. The third kappa shape index (κ3) is 5.54. The van der Waals surface area contributed by atoms with Gasteiger partial charge in [-0.3, -0.25) is 9.59 Å². The van der Waals surface area contributed by atoms with Crippen molar-refractivity contribution in [3.8, 4) is 6.07 Å². The van der Waals surface area contributed by atoms with Crippen LogP contribution in [0, 0.1) is 11.3 Å². The van der Waals surface area contributed by atoms with Crippen LogP contribution in [0.2, 0.25) is 5.02 Å². The number of nitriles is 1. The van der Waals surface area contributed by atoms with Crippen LogP contribution in [-0.4, -0.2) is 36.7 Å². The predicted octanol–water partition coefficient (Wildman–Crippen LogP) is 2.08. The van der Waals surface area contributed by atoms with Crippen molar-refractivity contribution in [2.75, 3.05) is 25.1 Å². The molecule has 0 spiro atoms. The summed E-state index contributed by atoms with van der Waals surface area (Å²) in [7, 11) is 0. The largest absolute Gasteiger partial charge is 0.394 e. The number of nitrogens with zero attached hydrogens (tertiary/aromatic N) is 1. The molecule has 1 unspecified atom stereocenters. The predicted molar refractivity (Wildman–Crippen MR) is 97.9 cm³/mol. The van der Waals surface area contributed by atoms with Gasteiger partial charge in [0.15, 0.2) is 0 Å². The lowest BCUT2D eigenvalue weighted by molar-refractivity contribution is -0.136. The summed E-state index contributed by atoms with van der Waals surface area (Å²) in [6, 6.07) is 8.10. The van der Waals surface area contributed by atoms with E-state index in [2.05, 4.69) is 10.6 Å². The van der Waals surface area contributed by atoms with E-state index in [-0.39, 0.29) is 31.0 Å². The second-order valence-electron chi connectivity index (χ2n) is 5.11. The zero-order valence-corrected chi connectivity index (χ0v) is 15.1. The fourth-order valence-electron chi connectivity index (χ4n) is 2.09. The molecule has 2 rings (SSSR count). The summed E-state index contributed by atoms with van der Waals surface area (Å²) in [5.74, 6) is -1.79. The summed E-state index contributed by atoms with van der Waals surface area (Å²) in [5, 5.41) is 26.8. The number of hydrogen-bond acceptors (Lipinski definition) is 6. The quantitative estimate of drug-likeness (QED) is 0.623. The van der Waals surface area contributed by atoms with Crippen molar-refractivity contribution in [2.45, 2.75) is 6.10 Å². The number of carbonyl (C=O) groups is 2. The summed E-state index contributed by atoms with van der Waals surface area (Å²) in [5.41, 5.74) is 1.19. The summed E-state index contributed by atoms with van der Waals surface area (Å²) in [6.07, 6.45) is -0.481. The van der Waals surface area contributed by atoms with Gasteiger partial charge in [-0.15, -0.1) is 0 Å². The lowest BCUT2D eigenvalue weighted by Gasteiger charge is -2.17. The molecule has 0 fully saturated rings. The Balaban J connectivity index is 1.97. The highest BCUT2D eigenvalue weighted by Crippen LogP contribution is 2.21. The number of halogens is 1. The average Bonchev–Trinajstić information content (AvgIpc) is 3.16. The lowest BCUT2D eigenvalue weighted by Crippen LogP contribution is -2.38. The first-order valence-electron chi connectivity index (χ1n) is 7.58. The Morgan fingerprint density at radius 2 is 2.15 bits per heavy atom. The molecule has 1 aromatic carbocycles.